The fraction of sp³-hybridized carbons (Fsp3) is 0.435. The average molecular weight is 499 g/mol. The van der Waals surface area contributed by atoms with Crippen molar-refractivity contribution < 1.29 is 37.6 Å². The summed E-state index contributed by atoms with van der Waals surface area (Å²) in [5.41, 5.74) is -1.47. The van der Waals surface area contributed by atoms with Gasteiger partial charge in [-0.05, 0) is 25.5 Å². The van der Waals surface area contributed by atoms with Gasteiger partial charge in [0.2, 0.25) is 17.4 Å². The van der Waals surface area contributed by atoms with Crippen LogP contribution in [0.25, 0.3) is 11.0 Å². The molecule has 4 aliphatic heterocycles. The van der Waals surface area contributed by atoms with Crippen LogP contribution in [0.3, 0.4) is 0 Å². The number of carbonyl (C=O) groups is 4. The maximum atomic E-state index is 16.1. The Morgan fingerprint density at radius 2 is 1.94 bits per heavy atom. The molecule has 3 saturated heterocycles. The maximum absolute atomic E-state index is 16.1. The highest BCUT2D eigenvalue weighted by Gasteiger charge is 2.63. The topological polar surface area (TPSA) is 143 Å². The highest BCUT2D eigenvalue weighted by molar-refractivity contribution is 6.20. The van der Waals surface area contributed by atoms with Gasteiger partial charge in [0.05, 0.1) is 35.4 Å². The van der Waals surface area contributed by atoms with Crippen molar-refractivity contribution in [1.29, 1.82) is 0 Å². The lowest BCUT2D eigenvalue weighted by Crippen LogP contribution is -2.75. The number of amides is 5. The van der Waals surface area contributed by atoms with E-state index in [-0.39, 0.29) is 48.2 Å². The van der Waals surface area contributed by atoms with Gasteiger partial charge in [-0.2, -0.15) is 0 Å². The third-order valence-corrected chi connectivity index (χ3v) is 7.35. The number of hydrogen-bond acceptors (Lipinski definition) is 9. The zero-order valence-corrected chi connectivity index (χ0v) is 19.4. The molecule has 12 nitrogen and oxygen atoms in total. The summed E-state index contributed by atoms with van der Waals surface area (Å²) in [7, 11) is 0. The minimum Gasteiger partial charge on any atom is -0.447 e. The van der Waals surface area contributed by atoms with Crippen molar-refractivity contribution in [2.24, 2.45) is 5.41 Å². The Morgan fingerprint density at radius 1 is 1.22 bits per heavy atom. The fourth-order valence-electron chi connectivity index (χ4n) is 5.96. The molecular weight excluding hydrogens is 477 g/mol. The van der Waals surface area contributed by atoms with Gasteiger partial charge in [0, 0.05) is 13.0 Å². The minimum atomic E-state index is -1.77. The van der Waals surface area contributed by atoms with Crippen LogP contribution in [0.4, 0.5) is 25.5 Å². The Hall–Kier alpha value is -4.00. The average Bonchev–Trinajstić information content (AvgIpc) is 3.39. The molecule has 5 amide bonds. The van der Waals surface area contributed by atoms with Crippen molar-refractivity contribution >= 4 is 46.4 Å². The standard InChI is InChI=1S/C23H22FN5O7/c1-4-12-8-34-22(33)29(12)18-13-5-11-6-23(19(30)25-21(32)26-20(23)31)17-10(3)35-9(2)7-28(17)15(11)14(24)16(13)36-27-18/h4-5,9-10,12,17H,1,6-8H2,2-3H3,(H2,25,26,30,31,32)/t9-,10+,12+,17-/m1/s1. The number of nitrogens with zero attached hydrogens (tertiary/aromatic N) is 3. The molecule has 0 aliphatic carbocycles. The molecule has 4 atom stereocenters. The number of aromatic nitrogens is 1. The molecule has 1 aromatic heterocycles. The monoisotopic (exact) mass is 499 g/mol. The molecule has 6 rings (SSSR count). The summed E-state index contributed by atoms with van der Waals surface area (Å²) < 4.78 is 32.5. The second-order valence-electron chi connectivity index (χ2n) is 9.47. The SMILES string of the molecule is C=C[C@H]1COC(=O)N1c1noc2c(F)c3c(cc12)CC1(C(=O)NC(=O)NC1=O)[C@H]1[C@H](C)O[C@H](C)CN31. The normalized spacial score (nSPS) is 29.1. The number of barbiturate groups is 1. The van der Waals surface area contributed by atoms with Crippen LogP contribution in [0.15, 0.2) is 23.2 Å². The van der Waals surface area contributed by atoms with Crippen molar-refractivity contribution in [1.82, 2.24) is 15.8 Å². The van der Waals surface area contributed by atoms with E-state index in [1.54, 1.807) is 24.8 Å². The second-order valence-corrected chi connectivity index (χ2v) is 9.47. The van der Waals surface area contributed by atoms with Gasteiger partial charge in [-0.25, -0.2) is 18.9 Å². The number of fused-ring (bicyclic) bond motifs is 5. The van der Waals surface area contributed by atoms with Gasteiger partial charge in [0.25, 0.3) is 0 Å². The van der Waals surface area contributed by atoms with Gasteiger partial charge in [0.15, 0.2) is 17.1 Å². The van der Waals surface area contributed by atoms with E-state index in [0.717, 1.165) is 0 Å². The highest BCUT2D eigenvalue weighted by Crippen LogP contribution is 2.50. The van der Waals surface area contributed by atoms with E-state index < -0.39 is 53.4 Å². The number of anilines is 2. The van der Waals surface area contributed by atoms with Crippen LogP contribution in [-0.2, 0) is 25.5 Å². The highest BCUT2D eigenvalue weighted by atomic mass is 19.1. The van der Waals surface area contributed by atoms with Gasteiger partial charge < -0.3 is 18.9 Å². The number of cyclic esters (lactones) is 1. The Kier molecular flexibility index (Phi) is 4.68. The van der Waals surface area contributed by atoms with E-state index in [4.69, 9.17) is 14.0 Å². The van der Waals surface area contributed by atoms with Crippen LogP contribution in [0, 0.1) is 11.2 Å². The number of hydrogen-bond donors (Lipinski definition) is 2. The molecule has 0 bridgehead atoms. The zero-order chi connectivity index (χ0) is 25.5. The number of morpholine rings is 1. The molecule has 1 spiro atoms. The summed E-state index contributed by atoms with van der Waals surface area (Å²) in [5, 5.41) is 8.51. The molecule has 36 heavy (non-hydrogen) atoms. The van der Waals surface area contributed by atoms with E-state index in [1.807, 2.05) is 0 Å². The summed E-state index contributed by atoms with van der Waals surface area (Å²) in [6, 6.07) is -0.799. The molecule has 1 aromatic carbocycles. The largest absolute Gasteiger partial charge is 0.447 e. The molecule has 0 saturated carbocycles. The van der Waals surface area contributed by atoms with Gasteiger partial charge in [-0.3, -0.25) is 20.2 Å². The van der Waals surface area contributed by atoms with Crippen molar-refractivity contribution in [3.8, 4) is 0 Å². The number of urea groups is 1. The smallest absolute Gasteiger partial charge is 0.416 e. The van der Waals surface area contributed by atoms with Crippen LogP contribution in [-0.4, -0.2) is 66.5 Å². The third kappa shape index (κ3) is 2.80. The van der Waals surface area contributed by atoms with Crippen LogP contribution < -0.4 is 20.4 Å². The van der Waals surface area contributed by atoms with Gasteiger partial charge in [-0.1, -0.05) is 11.2 Å². The van der Waals surface area contributed by atoms with E-state index >= 15 is 4.39 Å². The van der Waals surface area contributed by atoms with E-state index in [2.05, 4.69) is 22.4 Å². The van der Waals surface area contributed by atoms with Gasteiger partial charge in [0.1, 0.15) is 6.61 Å². The van der Waals surface area contributed by atoms with E-state index in [1.165, 1.54) is 11.0 Å². The summed E-state index contributed by atoms with van der Waals surface area (Å²) in [5.74, 6) is -2.28. The second kappa shape index (κ2) is 7.50. The summed E-state index contributed by atoms with van der Waals surface area (Å²) in [6.07, 6.45) is -0.401. The predicted octanol–water partition coefficient (Wildman–Crippen LogP) is 1.37. The van der Waals surface area contributed by atoms with Gasteiger partial charge in [-0.15, -0.1) is 6.58 Å². The molecule has 2 aromatic rings. The number of benzene rings is 1. The van der Waals surface area contributed by atoms with Crippen molar-refractivity contribution in [2.75, 3.05) is 23.0 Å². The Morgan fingerprint density at radius 3 is 2.64 bits per heavy atom. The Bertz CT molecular complexity index is 1350. The van der Waals surface area contributed by atoms with E-state index in [0.29, 0.717) is 5.56 Å². The third-order valence-electron chi connectivity index (χ3n) is 7.35. The van der Waals surface area contributed by atoms with E-state index in [9.17, 15) is 19.2 Å². The molecular formula is C23H22FN5O7. The van der Waals surface area contributed by atoms with Crippen LogP contribution in [0.2, 0.25) is 0 Å². The molecule has 0 radical (unpaired) electrons. The van der Waals surface area contributed by atoms with Crippen molar-refractivity contribution in [3.05, 3.63) is 30.1 Å². The van der Waals surface area contributed by atoms with Gasteiger partial charge >= 0.3 is 12.1 Å². The first-order valence-corrected chi connectivity index (χ1v) is 11.5. The number of ether oxygens (including phenoxy) is 2. The molecule has 188 valence electrons. The number of nitrogens with one attached hydrogen (secondary N) is 2. The van der Waals surface area contributed by atoms with Crippen LogP contribution in [0.5, 0.6) is 0 Å². The summed E-state index contributed by atoms with van der Waals surface area (Å²) in [6.45, 7) is 7.43. The fourth-order valence-corrected chi connectivity index (χ4v) is 5.96. The maximum Gasteiger partial charge on any atom is 0.416 e. The first-order valence-electron chi connectivity index (χ1n) is 11.5. The molecule has 5 heterocycles. The number of carbonyl (C=O) groups excluding carboxylic acids is 4. The molecule has 3 fully saturated rings. The minimum absolute atomic E-state index is 0.0340. The lowest BCUT2D eigenvalue weighted by molar-refractivity contribution is -0.153. The quantitative estimate of drug-likeness (QED) is 0.462. The Balaban J connectivity index is 1.58. The zero-order valence-electron chi connectivity index (χ0n) is 19.4. The summed E-state index contributed by atoms with van der Waals surface area (Å²) in [4.78, 5) is 53.7. The van der Waals surface area contributed by atoms with Crippen molar-refractivity contribution in [3.63, 3.8) is 0 Å². The molecule has 13 heteroatoms. The number of halogens is 1. The predicted molar refractivity (Wildman–Crippen MR) is 121 cm³/mol. The molecule has 4 aliphatic rings. The Labute approximate surface area is 203 Å². The number of rotatable bonds is 2. The summed E-state index contributed by atoms with van der Waals surface area (Å²) >= 11 is 0. The molecule has 0 unspecified atom stereocenters. The van der Waals surface area contributed by atoms with Crippen LogP contribution >= 0.6 is 0 Å². The van der Waals surface area contributed by atoms with Crippen LogP contribution in [0.1, 0.15) is 19.4 Å². The van der Waals surface area contributed by atoms with Crippen molar-refractivity contribution in [2.45, 2.75) is 44.6 Å². The first-order chi connectivity index (χ1) is 17.2. The first kappa shape index (κ1) is 22.5. The lowest BCUT2D eigenvalue weighted by Gasteiger charge is -2.55. The lowest BCUT2D eigenvalue weighted by atomic mass is 9.66. The number of imide groups is 2. The molecule has 2 N–H and O–H groups in total.